The first-order valence-electron chi connectivity index (χ1n) is 9.54. The first-order valence-corrected chi connectivity index (χ1v) is 9.92. The molecular weight excluding hydrogens is 388 g/mol. The van der Waals surface area contributed by atoms with Gasteiger partial charge in [0.2, 0.25) is 11.8 Å². The van der Waals surface area contributed by atoms with Gasteiger partial charge in [-0.05, 0) is 41.8 Å². The van der Waals surface area contributed by atoms with Crippen LogP contribution in [0, 0.1) is 0 Å². The van der Waals surface area contributed by atoms with Crippen LogP contribution in [0.15, 0.2) is 60.8 Å². The molecule has 0 bridgehead atoms. The topological polar surface area (TPSA) is 67.2 Å². The highest BCUT2D eigenvalue weighted by Gasteiger charge is 2.21. The van der Waals surface area contributed by atoms with Crippen molar-refractivity contribution in [1.82, 2.24) is 9.78 Å². The molecule has 0 saturated carbocycles. The Morgan fingerprint density at radius 1 is 1.03 bits per heavy atom. The number of carbonyl (C=O) groups is 2. The van der Waals surface area contributed by atoms with Crippen LogP contribution in [0.2, 0.25) is 5.02 Å². The predicted octanol–water partition coefficient (Wildman–Crippen LogP) is 3.89. The first kappa shape index (κ1) is 19.2. The molecule has 0 aliphatic carbocycles. The second kappa shape index (κ2) is 8.49. The molecule has 3 aromatic rings. The molecule has 2 heterocycles. The lowest BCUT2D eigenvalue weighted by Crippen LogP contribution is -2.23. The number of hydrogen-bond acceptors (Lipinski definition) is 3. The van der Waals surface area contributed by atoms with Crippen molar-refractivity contribution in [2.45, 2.75) is 25.8 Å². The zero-order valence-corrected chi connectivity index (χ0v) is 16.6. The maximum atomic E-state index is 12.5. The van der Waals surface area contributed by atoms with Crippen LogP contribution in [0.3, 0.4) is 0 Å². The van der Waals surface area contributed by atoms with E-state index < -0.39 is 0 Å². The van der Waals surface area contributed by atoms with Gasteiger partial charge in [-0.1, -0.05) is 35.9 Å². The zero-order valence-electron chi connectivity index (χ0n) is 15.8. The van der Waals surface area contributed by atoms with Crippen LogP contribution in [0.1, 0.15) is 24.0 Å². The minimum atomic E-state index is -0.118. The Bertz CT molecular complexity index is 1010. The Balaban J connectivity index is 1.37. The quantitative estimate of drug-likeness (QED) is 0.672. The predicted molar refractivity (Wildman–Crippen MR) is 113 cm³/mol. The summed E-state index contributed by atoms with van der Waals surface area (Å²) >= 11 is 5.93. The molecule has 0 atom stereocenters. The van der Waals surface area contributed by atoms with E-state index in [9.17, 15) is 9.59 Å². The van der Waals surface area contributed by atoms with Gasteiger partial charge in [-0.2, -0.15) is 5.10 Å². The largest absolute Gasteiger partial charge is 0.312 e. The summed E-state index contributed by atoms with van der Waals surface area (Å²) in [5.74, 6) is 0.682. The number of aromatic nitrogens is 2. The Labute approximate surface area is 174 Å². The Kier molecular flexibility index (Phi) is 5.62. The lowest BCUT2D eigenvalue weighted by Gasteiger charge is -2.16. The molecule has 1 fully saturated rings. The average molecular weight is 409 g/mol. The summed E-state index contributed by atoms with van der Waals surface area (Å²) in [7, 11) is 0. The van der Waals surface area contributed by atoms with E-state index in [1.165, 1.54) is 0 Å². The number of nitrogens with zero attached hydrogens (tertiary/aromatic N) is 3. The number of amides is 2. The second-order valence-electron chi connectivity index (χ2n) is 7.04. The van der Waals surface area contributed by atoms with E-state index in [1.807, 2.05) is 48.5 Å². The van der Waals surface area contributed by atoms with Crippen molar-refractivity contribution in [2.24, 2.45) is 0 Å². The first-order chi connectivity index (χ1) is 14.1. The summed E-state index contributed by atoms with van der Waals surface area (Å²) < 4.78 is 1.74. The molecule has 1 N–H and O–H groups in total. The van der Waals surface area contributed by atoms with Gasteiger partial charge in [0.1, 0.15) is 5.82 Å². The summed E-state index contributed by atoms with van der Waals surface area (Å²) in [5.41, 5.74) is 2.82. The minimum Gasteiger partial charge on any atom is -0.312 e. The molecule has 1 aromatic heterocycles. The molecule has 2 amide bonds. The number of halogens is 1. The number of hydrogen-bond donors (Lipinski definition) is 1. The van der Waals surface area contributed by atoms with Crippen LogP contribution >= 0.6 is 11.6 Å². The van der Waals surface area contributed by atoms with Crippen LogP contribution in [-0.2, 0) is 22.6 Å². The van der Waals surface area contributed by atoms with E-state index >= 15 is 0 Å². The van der Waals surface area contributed by atoms with E-state index in [0.717, 1.165) is 29.8 Å². The van der Waals surface area contributed by atoms with E-state index in [1.54, 1.807) is 21.8 Å². The van der Waals surface area contributed by atoms with Crippen molar-refractivity contribution in [3.63, 3.8) is 0 Å². The summed E-state index contributed by atoms with van der Waals surface area (Å²) in [6, 6.07) is 16.9. The molecular formula is C22H21ClN4O2. The van der Waals surface area contributed by atoms with Crippen molar-refractivity contribution in [1.29, 1.82) is 0 Å². The van der Waals surface area contributed by atoms with E-state index in [4.69, 9.17) is 11.6 Å². The normalized spacial score (nSPS) is 13.7. The Morgan fingerprint density at radius 2 is 1.76 bits per heavy atom. The summed E-state index contributed by atoms with van der Waals surface area (Å²) in [5, 5.41) is 7.89. The van der Waals surface area contributed by atoms with Crippen LogP contribution in [0.25, 0.3) is 0 Å². The fourth-order valence-corrected chi connectivity index (χ4v) is 3.54. The molecule has 29 heavy (non-hydrogen) atoms. The second-order valence-corrected chi connectivity index (χ2v) is 7.48. The Morgan fingerprint density at radius 3 is 2.45 bits per heavy atom. The van der Waals surface area contributed by atoms with E-state index in [2.05, 4.69) is 10.4 Å². The van der Waals surface area contributed by atoms with Gasteiger partial charge >= 0.3 is 0 Å². The smallest absolute Gasteiger partial charge is 0.229 e. The number of anilines is 2. The van der Waals surface area contributed by atoms with Gasteiger partial charge in [-0.15, -0.1) is 0 Å². The van der Waals surface area contributed by atoms with Crippen molar-refractivity contribution in [2.75, 3.05) is 16.8 Å². The number of carbonyl (C=O) groups excluding carboxylic acids is 2. The fourth-order valence-electron chi connectivity index (χ4n) is 3.41. The zero-order chi connectivity index (χ0) is 20.2. The van der Waals surface area contributed by atoms with Crippen molar-refractivity contribution in [3.8, 4) is 0 Å². The number of rotatable bonds is 6. The van der Waals surface area contributed by atoms with Gasteiger partial charge < -0.3 is 10.2 Å². The van der Waals surface area contributed by atoms with Crippen LogP contribution in [0.5, 0.6) is 0 Å². The van der Waals surface area contributed by atoms with Crippen molar-refractivity contribution < 1.29 is 9.59 Å². The summed E-state index contributed by atoms with van der Waals surface area (Å²) in [6.07, 6.45) is 3.41. The molecule has 0 unspecified atom stereocenters. The minimum absolute atomic E-state index is 0.118. The number of benzene rings is 2. The summed E-state index contributed by atoms with van der Waals surface area (Å²) in [4.78, 5) is 26.1. The molecule has 0 radical (unpaired) electrons. The maximum Gasteiger partial charge on any atom is 0.229 e. The maximum absolute atomic E-state index is 12.5. The highest BCUT2D eigenvalue weighted by atomic mass is 35.5. The lowest BCUT2D eigenvalue weighted by molar-refractivity contribution is -0.117. The molecule has 6 nitrogen and oxygen atoms in total. The van der Waals surface area contributed by atoms with Crippen LogP contribution in [0.4, 0.5) is 11.5 Å². The number of nitrogens with one attached hydrogen (secondary N) is 1. The third-order valence-electron chi connectivity index (χ3n) is 4.92. The van der Waals surface area contributed by atoms with Crippen LogP contribution < -0.4 is 10.2 Å². The van der Waals surface area contributed by atoms with Gasteiger partial charge in [-0.25, -0.2) is 4.68 Å². The Hall–Kier alpha value is -3.12. The lowest BCUT2D eigenvalue weighted by atomic mass is 10.1. The van der Waals surface area contributed by atoms with Gasteiger partial charge in [0.25, 0.3) is 0 Å². The van der Waals surface area contributed by atoms with Crippen LogP contribution in [-0.4, -0.2) is 28.1 Å². The van der Waals surface area contributed by atoms with Gasteiger partial charge in [0.15, 0.2) is 0 Å². The highest BCUT2D eigenvalue weighted by molar-refractivity contribution is 6.30. The SMILES string of the molecule is O=C(Cc1ccc(N2CCCC2=O)cc1)Nc1ccnn1Cc1ccc(Cl)cc1. The van der Waals surface area contributed by atoms with Gasteiger partial charge in [-0.3, -0.25) is 9.59 Å². The van der Waals surface area contributed by atoms with Crippen molar-refractivity contribution >= 4 is 34.9 Å². The molecule has 2 aromatic carbocycles. The van der Waals surface area contributed by atoms with Crippen molar-refractivity contribution in [3.05, 3.63) is 76.9 Å². The van der Waals surface area contributed by atoms with E-state index in [0.29, 0.717) is 23.8 Å². The molecule has 1 aliphatic rings. The molecule has 4 rings (SSSR count). The molecule has 7 heteroatoms. The highest BCUT2D eigenvalue weighted by Crippen LogP contribution is 2.22. The summed E-state index contributed by atoms with van der Waals surface area (Å²) in [6.45, 7) is 1.30. The third-order valence-corrected chi connectivity index (χ3v) is 5.17. The molecule has 0 spiro atoms. The fraction of sp³-hybridized carbons (Fsp3) is 0.227. The molecule has 1 saturated heterocycles. The molecule has 1 aliphatic heterocycles. The molecule has 148 valence electrons. The standard InChI is InChI=1S/C22H21ClN4O2/c23-18-7-3-17(4-8-18)15-27-20(11-12-24-27)25-21(28)14-16-5-9-19(10-6-16)26-13-1-2-22(26)29/h3-12H,1-2,13-15H2,(H,25,28). The average Bonchev–Trinajstić information content (AvgIpc) is 3.33. The monoisotopic (exact) mass is 408 g/mol. The third kappa shape index (κ3) is 4.66. The van der Waals surface area contributed by atoms with E-state index in [-0.39, 0.29) is 18.2 Å². The van der Waals surface area contributed by atoms with Gasteiger partial charge in [0.05, 0.1) is 19.2 Å². The van der Waals surface area contributed by atoms with Gasteiger partial charge in [0, 0.05) is 29.7 Å².